The van der Waals surface area contributed by atoms with E-state index in [4.69, 9.17) is 26.3 Å². The number of nitrogens with zero attached hydrogens (tertiary/aromatic N) is 1. The Kier molecular flexibility index (Phi) is 6.33. The Morgan fingerprint density at radius 3 is 2.73 bits per heavy atom. The number of rotatable bonds is 6. The molecule has 0 radical (unpaired) electrons. The van der Waals surface area contributed by atoms with Crippen LogP contribution in [0.25, 0.3) is 0 Å². The average molecular weight is 432 g/mol. The van der Waals surface area contributed by atoms with Crippen LogP contribution in [0, 0.1) is 3.57 Å². The summed E-state index contributed by atoms with van der Waals surface area (Å²) in [7, 11) is 0. The molecule has 22 heavy (non-hydrogen) atoms. The summed E-state index contributed by atoms with van der Waals surface area (Å²) in [6.07, 6.45) is 1.35. The van der Waals surface area contributed by atoms with E-state index in [0.29, 0.717) is 29.7 Å². The van der Waals surface area contributed by atoms with E-state index >= 15 is 0 Å². The molecule has 0 amide bonds. The molecule has 1 N–H and O–H groups in total. The van der Waals surface area contributed by atoms with Crippen LogP contribution in [0.2, 0.25) is 5.02 Å². The number of benzene rings is 2. The average Bonchev–Trinajstić information content (AvgIpc) is 2.49. The second-order valence-corrected chi connectivity index (χ2v) is 5.96. The van der Waals surface area contributed by atoms with Crippen LogP contribution in [0.4, 0.5) is 0 Å². The van der Waals surface area contributed by atoms with Gasteiger partial charge in [-0.2, -0.15) is 0 Å². The van der Waals surface area contributed by atoms with Crippen molar-refractivity contribution in [3.05, 3.63) is 56.1 Å². The van der Waals surface area contributed by atoms with E-state index in [9.17, 15) is 0 Å². The van der Waals surface area contributed by atoms with Crippen LogP contribution < -0.4 is 9.47 Å². The molecule has 2 aromatic rings. The van der Waals surface area contributed by atoms with Gasteiger partial charge in [0.1, 0.15) is 6.61 Å². The van der Waals surface area contributed by atoms with E-state index in [1.165, 1.54) is 6.21 Å². The van der Waals surface area contributed by atoms with Gasteiger partial charge in [-0.3, -0.25) is 0 Å². The first kappa shape index (κ1) is 16.9. The molecule has 0 atom stereocenters. The monoisotopic (exact) mass is 431 g/mol. The third kappa shape index (κ3) is 4.27. The van der Waals surface area contributed by atoms with Crippen LogP contribution in [0.15, 0.2) is 41.6 Å². The zero-order valence-electron chi connectivity index (χ0n) is 11.9. The van der Waals surface area contributed by atoms with Crippen LogP contribution in [0.5, 0.6) is 11.5 Å². The maximum Gasteiger partial charge on any atom is 0.175 e. The van der Waals surface area contributed by atoms with Gasteiger partial charge >= 0.3 is 0 Å². The Morgan fingerprint density at radius 2 is 2.05 bits per heavy atom. The highest BCUT2D eigenvalue weighted by Crippen LogP contribution is 2.35. The predicted octanol–water partition coefficient (Wildman–Crippen LogP) is 4.73. The highest BCUT2D eigenvalue weighted by atomic mass is 127. The molecular formula is C16H15ClINO3. The van der Waals surface area contributed by atoms with Crippen LogP contribution in [-0.2, 0) is 6.61 Å². The lowest BCUT2D eigenvalue weighted by Crippen LogP contribution is -2.03. The minimum atomic E-state index is 0.350. The molecule has 2 rings (SSSR count). The van der Waals surface area contributed by atoms with Crippen molar-refractivity contribution < 1.29 is 14.7 Å². The maximum atomic E-state index is 8.66. The van der Waals surface area contributed by atoms with Gasteiger partial charge in [0.05, 0.1) is 16.4 Å². The summed E-state index contributed by atoms with van der Waals surface area (Å²) in [5, 5.41) is 12.4. The Hall–Kier alpha value is -1.47. The van der Waals surface area contributed by atoms with Crippen molar-refractivity contribution >= 4 is 40.4 Å². The van der Waals surface area contributed by atoms with E-state index < -0.39 is 0 Å². The molecule has 0 bridgehead atoms. The van der Waals surface area contributed by atoms with Crippen molar-refractivity contribution in [2.24, 2.45) is 5.16 Å². The van der Waals surface area contributed by atoms with Crippen molar-refractivity contribution in [3.8, 4) is 11.5 Å². The Labute approximate surface area is 147 Å². The SMILES string of the molecule is CCOc1cc(/C=N/O)cc(I)c1OCc1ccccc1Cl. The first-order chi connectivity index (χ1) is 10.7. The van der Waals surface area contributed by atoms with Gasteiger partial charge in [-0.1, -0.05) is 35.0 Å². The standard InChI is InChI=1S/C16H15ClINO3/c1-2-21-15-8-11(9-19-20)7-14(18)16(15)22-10-12-5-3-4-6-13(12)17/h3-9,20H,2,10H2,1H3/b19-9+. The minimum Gasteiger partial charge on any atom is -0.490 e. The molecule has 0 aliphatic carbocycles. The summed E-state index contributed by atoms with van der Waals surface area (Å²) in [4.78, 5) is 0. The minimum absolute atomic E-state index is 0.350. The quantitative estimate of drug-likeness (QED) is 0.311. The van der Waals surface area contributed by atoms with Gasteiger partial charge in [-0.15, -0.1) is 0 Å². The molecular weight excluding hydrogens is 417 g/mol. The fraction of sp³-hybridized carbons (Fsp3) is 0.188. The van der Waals surface area contributed by atoms with Crippen LogP contribution in [0.3, 0.4) is 0 Å². The maximum absolute atomic E-state index is 8.66. The largest absolute Gasteiger partial charge is 0.490 e. The number of hydrogen-bond donors (Lipinski definition) is 1. The Morgan fingerprint density at radius 1 is 1.27 bits per heavy atom. The van der Waals surface area contributed by atoms with Crippen molar-refractivity contribution in [1.82, 2.24) is 0 Å². The van der Waals surface area contributed by atoms with E-state index in [2.05, 4.69) is 27.7 Å². The van der Waals surface area contributed by atoms with Gasteiger partial charge in [0.2, 0.25) is 0 Å². The third-order valence-corrected chi connectivity index (χ3v) is 4.04. The molecule has 0 spiro atoms. The van der Waals surface area contributed by atoms with E-state index in [0.717, 1.165) is 14.7 Å². The van der Waals surface area contributed by atoms with E-state index in [1.54, 1.807) is 6.07 Å². The second kappa shape index (κ2) is 8.24. The van der Waals surface area contributed by atoms with E-state index in [-0.39, 0.29) is 0 Å². The first-order valence-electron chi connectivity index (χ1n) is 6.65. The van der Waals surface area contributed by atoms with Crippen LogP contribution in [-0.4, -0.2) is 18.0 Å². The summed E-state index contributed by atoms with van der Waals surface area (Å²) in [6, 6.07) is 11.2. The van der Waals surface area contributed by atoms with Crippen molar-refractivity contribution in [3.63, 3.8) is 0 Å². The molecule has 0 saturated carbocycles. The summed E-state index contributed by atoms with van der Waals surface area (Å²) in [5.41, 5.74) is 1.64. The molecule has 2 aromatic carbocycles. The van der Waals surface area contributed by atoms with Gasteiger partial charge in [0.15, 0.2) is 11.5 Å². The molecule has 116 valence electrons. The molecule has 0 aliphatic rings. The fourth-order valence-corrected chi connectivity index (χ4v) is 2.87. The summed E-state index contributed by atoms with van der Waals surface area (Å²) < 4.78 is 12.4. The molecule has 0 saturated heterocycles. The number of ether oxygens (including phenoxy) is 2. The van der Waals surface area contributed by atoms with Crippen molar-refractivity contribution in [1.29, 1.82) is 0 Å². The zero-order valence-corrected chi connectivity index (χ0v) is 14.8. The number of hydrogen-bond acceptors (Lipinski definition) is 4. The fourth-order valence-electron chi connectivity index (χ4n) is 1.90. The predicted molar refractivity (Wildman–Crippen MR) is 95.5 cm³/mol. The number of oxime groups is 1. The molecule has 0 heterocycles. The highest BCUT2D eigenvalue weighted by molar-refractivity contribution is 14.1. The normalized spacial score (nSPS) is 10.9. The highest BCUT2D eigenvalue weighted by Gasteiger charge is 2.12. The third-order valence-electron chi connectivity index (χ3n) is 2.87. The van der Waals surface area contributed by atoms with Gasteiger partial charge in [-0.05, 0) is 47.7 Å². The summed E-state index contributed by atoms with van der Waals surface area (Å²) >= 11 is 8.30. The zero-order chi connectivity index (χ0) is 15.9. The Bertz CT molecular complexity index is 676. The molecule has 4 nitrogen and oxygen atoms in total. The Balaban J connectivity index is 2.27. The molecule has 0 unspecified atom stereocenters. The summed E-state index contributed by atoms with van der Waals surface area (Å²) in [5.74, 6) is 1.26. The van der Waals surface area contributed by atoms with Gasteiger partial charge in [0.25, 0.3) is 0 Å². The first-order valence-corrected chi connectivity index (χ1v) is 8.11. The van der Waals surface area contributed by atoms with Crippen molar-refractivity contribution in [2.45, 2.75) is 13.5 Å². The summed E-state index contributed by atoms with van der Waals surface area (Å²) in [6.45, 7) is 2.76. The molecule has 0 aliphatic heterocycles. The van der Waals surface area contributed by atoms with Gasteiger partial charge in [0, 0.05) is 16.1 Å². The van der Waals surface area contributed by atoms with Crippen LogP contribution in [0.1, 0.15) is 18.1 Å². The molecule has 6 heteroatoms. The number of halogens is 2. The van der Waals surface area contributed by atoms with Gasteiger partial charge in [-0.25, -0.2) is 0 Å². The van der Waals surface area contributed by atoms with Crippen molar-refractivity contribution in [2.75, 3.05) is 6.61 Å². The van der Waals surface area contributed by atoms with Crippen LogP contribution >= 0.6 is 34.2 Å². The lowest BCUT2D eigenvalue weighted by atomic mass is 10.2. The molecule has 0 aromatic heterocycles. The second-order valence-electron chi connectivity index (χ2n) is 4.39. The topological polar surface area (TPSA) is 51.0 Å². The lowest BCUT2D eigenvalue weighted by molar-refractivity contribution is 0.267. The lowest BCUT2D eigenvalue weighted by Gasteiger charge is -2.15. The smallest absolute Gasteiger partial charge is 0.175 e. The van der Waals surface area contributed by atoms with E-state index in [1.807, 2.05) is 37.3 Å². The van der Waals surface area contributed by atoms with Gasteiger partial charge < -0.3 is 14.7 Å². The molecule has 0 fully saturated rings.